The molecule has 2 rings (SSSR count). The van der Waals surface area contributed by atoms with Crippen molar-refractivity contribution in [2.45, 2.75) is 46.5 Å². The highest BCUT2D eigenvalue weighted by Gasteiger charge is 2.20. The summed E-state index contributed by atoms with van der Waals surface area (Å²) in [6.07, 6.45) is 14.3. The number of carbonyl (C=O) groups excluding carboxylic acids is 1. The Morgan fingerprint density at radius 1 is 1.26 bits per heavy atom. The molecule has 0 bridgehead atoms. The van der Waals surface area contributed by atoms with Gasteiger partial charge in [0.15, 0.2) is 5.78 Å². The lowest BCUT2D eigenvalue weighted by Crippen LogP contribution is -2.12. The molecule has 0 heterocycles. The van der Waals surface area contributed by atoms with Crippen LogP contribution in [0.1, 0.15) is 46.5 Å². The zero-order valence-electron chi connectivity index (χ0n) is 12.1. The second kappa shape index (κ2) is 6.01. The van der Waals surface area contributed by atoms with Gasteiger partial charge in [-0.05, 0) is 56.8 Å². The molecule has 0 aromatic carbocycles. The van der Waals surface area contributed by atoms with E-state index in [2.05, 4.69) is 51.2 Å². The second-order valence-electron chi connectivity index (χ2n) is 5.59. The predicted molar refractivity (Wildman–Crippen MR) is 80.9 cm³/mol. The van der Waals surface area contributed by atoms with Crippen LogP contribution in [-0.4, -0.2) is 5.78 Å². The molecule has 0 spiro atoms. The highest BCUT2D eigenvalue weighted by Crippen LogP contribution is 2.32. The lowest BCUT2D eigenvalue weighted by Gasteiger charge is -2.20. The molecule has 19 heavy (non-hydrogen) atoms. The molecule has 0 fully saturated rings. The van der Waals surface area contributed by atoms with Gasteiger partial charge in [0.2, 0.25) is 0 Å². The predicted octanol–water partition coefficient (Wildman–Crippen LogP) is 4.83. The topological polar surface area (TPSA) is 17.1 Å². The molecule has 0 amide bonds. The molecule has 0 aliphatic heterocycles. The van der Waals surface area contributed by atoms with Crippen LogP contribution < -0.4 is 0 Å². The van der Waals surface area contributed by atoms with Gasteiger partial charge in [0.05, 0.1) is 0 Å². The largest absolute Gasteiger partial charge is 0.294 e. The monoisotopic (exact) mass is 254 g/mol. The van der Waals surface area contributed by atoms with Crippen LogP contribution in [-0.2, 0) is 4.79 Å². The Balaban J connectivity index is 2.28. The van der Waals surface area contributed by atoms with Gasteiger partial charge in [-0.15, -0.1) is 0 Å². The summed E-state index contributed by atoms with van der Waals surface area (Å²) in [5.41, 5.74) is 6.00. The molecular formula is C18H22O. The van der Waals surface area contributed by atoms with Gasteiger partial charge in [0, 0.05) is 12.0 Å². The number of allylic oxidation sites excluding steroid dienone is 10. The summed E-state index contributed by atoms with van der Waals surface area (Å²) < 4.78 is 0. The van der Waals surface area contributed by atoms with Gasteiger partial charge in [-0.25, -0.2) is 0 Å². The average Bonchev–Trinajstić information content (AvgIpc) is 2.38. The maximum Gasteiger partial charge on any atom is 0.162 e. The van der Waals surface area contributed by atoms with E-state index in [1.807, 2.05) is 0 Å². The number of Topliss-reactive ketones (excluding diaryl/α,β-unsaturated/α-hetero) is 1. The van der Waals surface area contributed by atoms with Crippen LogP contribution in [0.5, 0.6) is 0 Å². The van der Waals surface area contributed by atoms with Crippen LogP contribution in [0.4, 0.5) is 0 Å². The Hall–Kier alpha value is -1.63. The number of hydrogen-bond acceptors (Lipinski definition) is 1. The number of ketones is 1. The number of rotatable bonds is 2. The Morgan fingerprint density at radius 2 is 2.05 bits per heavy atom. The van der Waals surface area contributed by atoms with Crippen molar-refractivity contribution in [3.05, 3.63) is 58.2 Å². The highest BCUT2D eigenvalue weighted by molar-refractivity contribution is 6.00. The van der Waals surface area contributed by atoms with Crippen LogP contribution in [0, 0.1) is 0 Å². The van der Waals surface area contributed by atoms with Crippen molar-refractivity contribution >= 4 is 5.78 Å². The Morgan fingerprint density at radius 3 is 2.74 bits per heavy atom. The van der Waals surface area contributed by atoms with E-state index in [1.165, 1.54) is 22.3 Å². The average molecular weight is 254 g/mol. The van der Waals surface area contributed by atoms with Crippen LogP contribution in [0.2, 0.25) is 0 Å². The van der Waals surface area contributed by atoms with Crippen molar-refractivity contribution in [2.24, 2.45) is 0 Å². The molecule has 2 aliphatic carbocycles. The summed E-state index contributed by atoms with van der Waals surface area (Å²) in [4.78, 5) is 12.1. The molecule has 0 saturated carbocycles. The molecule has 1 heteroatoms. The maximum atomic E-state index is 12.1. The quantitative estimate of drug-likeness (QED) is 0.689. The normalized spacial score (nSPS) is 21.7. The molecule has 100 valence electrons. The first-order chi connectivity index (χ1) is 9.08. The molecule has 0 N–H and O–H groups in total. The van der Waals surface area contributed by atoms with Crippen LogP contribution in [0.15, 0.2) is 58.2 Å². The minimum absolute atomic E-state index is 0.317. The van der Waals surface area contributed by atoms with Crippen molar-refractivity contribution in [1.82, 2.24) is 0 Å². The van der Waals surface area contributed by atoms with Gasteiger partial charge < -0.3 is 0 Å². The molecule has 0 atom stereocenters. The molecule has 2 aliphatic rings. The third-order valence-corrected chi connectivity index (χ3v) is 3.62. The van der Waals surface area contributed by atoms with Crippen molar-refractivity contribution in [2.75, 3.05) is 0 Å². The first kappa shape index (κ1) is 13.8. The summed E-state index contributed by atoms with van der Waals surface area (Å²) >= 11 is 0. The fourth-order valence-electron chi connectivity index (χ4n) is 2.48. The summed E-state index contributed by atoms with van der Waals surface area (Å²) in [6.45, 7) is 6.30. The van der Waals surface area contributed by atoms with Crippen LogP contribution in [0.3, 0.4) is 0 Å². The van der Waals surface area contributed by atoms with Gasteiger partial charge >= 0.3 is 0 Å². The molecule has 0 aromatic heterocycles. The van der Waals surface area contributed by atoms with Crippen LogP contribution >= 0.6 is 0 Å². The highest BCUT2D eigenvalue weighted by atomic mass is 16.1. The van der Waals surface area contributed by atoms with Gasteiger partial charge in [-0.2, -0.15) is 0 Å². The first-order valence-electron chi connectivity index (χ1n) is 7.03. The second-order valence-corrected chi connectivity index (χ2v) is 5.59. The van der Waals surface area contributed by atoms with Crippen molar-refractivity contribution in [3.8, 4) is 0 Å². The molecule has 0 radical (unpaired) electrons. The zero-order valence-corrected chi connectivity index (χ0v) is 12.1. The van der Waals surface area contributed by atoms with E-state index in [-0.39, 0.29) is 0 Å². The summed E-state index contributed by atoms with van der Waals surface area (Å²) in [7, 11) is 0. The molecule has 1 nitrogen and oxygen atoms in total. The van der Waals surface area contributed by atoms with E-state index in [0.717, 1.165) is 24.8 Å². The SMILES string of the molecule is CC(C)=CC=C1C=CC(C)=C(C2=CCCCC2=O)C1. The molecule has 0 saturated heterocycles. The fraction of sp³-hybridized carbons (Fsp3) is 0.389. The fourth-order valence-corrected chi connectivity index (χ4v) is 2.48. The molecular weight excluding hydrogens is 232 g/mol. The third-order valence-electron chi connectivity index (χ3n) is 3.62. The van der Waals surface area contributed by atoms with Crippen molar-refractivity contribution in [3.63, 3.8) is 0 Å². The minimum atomic E-state index is 0.317. The Labute approximate surface area is 116 Å². The van der Waals surface area contributed by atoms with Gasteiger partial charge in [0.1, 0.15) is 0 Å². The lowest BCUT2D eigenvalue weighted by molar-refractivity contribution is -0.115. The van der Waals surface area contributed by atoms with Crippen LogP contribution in [0.25, 0.3) is 0 Å². The van der Waals surface area contributed by atoms with Gasteiger partial charge in [-0.3, -0.25) is 4.79 Å². The van der Waals surface area contributed by atoms with E-state index in [9.17, 15) is 4.79 Å². The number of carbonyl (C=O) groups is 1. The van der Waals surface area contributed by atoms with E-state index >= 15 is 0 Å². The van der Waals surface area contributed by atoms with Gasteiger partial charge in [-0.1, -0.05) is 36.0 Å². The standard InChI is InChI=1S/C18H22O/c1-13(2)8-10-15-11-9-14(3)17(12-15)16-6-4-5-7-18(16)19/h6,8-11H,4-5,7,12H2,1-3H3. The third kappa shape index (κ3) is 3.44. The molecule has 0 unspecified atom stereocenters. The Bertz CT molecular complexity index is 532. The Kier molecular flexibility index (Phi) is 4.36. The smallest absolute Gasteiger partial charge is 0.162 e. The zero-order chi connectivity index (χ0) is 13.8. The van der Waals surface area contributed by atoms with E-state index < -0.39 is 0 Å². The summed E-state index contributed by atoms with van der Waals surface area (Å²) in [5, 5.41) is 0. The van der Waals surface area contributed by atoms with E-state index in [0.29, 0.717) is 12.2 Å². The number of hydrogen-bond donors (Lipinski definition) is 0. The maximum absolute atomic E-state index is 12.1. The summed E-state index contributed by atoms with van der Waals surface area (Å²) in [5.74, 6) is 0.317. The molecule has 0 aromatic rings. The van der Waals surface area contributed by atoms with Gasteiger partial charge in [0.25, 0.3) is 0 Å². The minimum Gasteiger partial charge on any atom is -0.294 e. The van der Waals surface area contributed by atoms with E-state index in [4.69, 9.17) is 0 Å². The van der Waals surface area contributed by atoms with Crippen molar-refractivity contribution < 1.29 is 4.79 Å². The lowest BCUT2D eigenvalue weighted by atomic mass is 9.84. The summed E-state index contributed by atoms with van der Waals surface area (Å²) in [6, 6.07) is 0. The van der Waals surface area contributed by atoms with Crippen molar-refractivity contribution in [1.29, 1.82) is 0 Å². The first-order valence-corrected chi connectivity index (χ1v) is 7.03. The van der Waals surface area contributed by atoms with E-state index in [1.54, 1.807) is 0 Å².